The van der Waals surface area contributed by atoms with Gasteiger partial charge in [0.05, 0.1) is 6.10 Å². The molecule has 0 spiro atoms. The summed E-state index contributed by atoms with van der Waals surface area (Å²) in [4.78, 5) is 26.7. The van der Waals surface area contributed by atoms with Crippen molar-refractivity contribution in [3.05, 3.63) is 59.2 Å². The van der Waals surface area contributed by atoms with E-state index in [0.29, 0.717) is 25.1 Å². The molecule has 2 aromatic rings. The molecule has 0 radical (unpaired) electrons. The standard InChI is InChI=1S/C23H25NO3/c1-2-24(15-20-7-4-12-27-20)23(26)19-6-3-5-16(14-19)17-8-10-21-18(13-17)9-11-22(21)25/h3,5-6,8,10,13-14,20H,2,4,7,9,11-12,15H2,1H3/t20-/m0/s1. The largest absolute Gasteiger partial charge is 0.376 e. The van der Waals surface area contributed by atoms with Gasteiger partial charge in [0.1, 0.15) is 0 Å². The molecule has 0 aromatic heterocycles. The Balaban J connectivity index is 1.56. The van der Waals surface area contributed by atoms with E-state index in [1.54, 1.807) is 0 Å². The molecule has 2 aliphatic rings. The van der Waals surface area contributed by atoms with E-state index in [4.69, 9.17) is 4.74 Å². The molecule has 1 aliphatic heterocycles. The van der Waals surface area contributed by atoms with E-state index in [0.717, 1.165) is 48.1 Å². The molecule has 27 heavy (non-hydrogen) atoms. The molecule has 4 nitrogen and oxygen atoms in total. The van der Waals surface area contributed by atoms with Crippen LogP contribution in [0, 0.1) is 0 Å². The topological polar surface area (TPSA) is 46.6 Å². The molecule has 4 rings (SSSR count). The van der Waals surface area contributed by atoms with E-state index >= 15 is 0 Å². The molecular formula is C23H25NO3. The molecule has 0 saturated carbocycles. The average Bonchev–Trinajstić information content (AvgIpc) is 3.35. The molecule has 1 aliphatic carbocycles. The lowest BCUT2D eigenvalue weighted by molar-refractivity contribution is 0.0539. The lowest BCUT2D eigenvalue weighted by Gasteiger charge is -2.24. The summed E-state index contributed by atoms with van der Waals surface area (Å²) in [5.74, 6) is 0.277. The first-order valence-corrected chi connectivity index (χ1v) is 9.83. The number of ketones is 1. The number of benzene rings is 2. The van der Waals surface area contributed by atoms with Crippen LogP contribution in [0.3, 0.4) is 0 Å². The van der Waals surface area contributed by atoms with Crippen LogP contribution in [0.1, 0.15) is 52.5 Å². The fourth-order valence-corrected chi connectivity index (χ4v) is 4.04. The maximum atomic E-state index is 13.0. The number of fused-ring (bicyclic) bond motifs is 1. The molecule has 1 heterocycles. The van der Waals surface area contributed by atoms with Gasteiger partial charge in [0.15, 0.2) is 5.78 Å². The summed E-state index contributed by atoms with van der Waals surface area (Å²) in [6.45, 7) is 4.13. The zero-order chi connectivity index (χ0) is 18.8. The van der Waals surface area contributed by atoms with Gasteiger partial charge in [-0.1, -0.05) is 30.3 Å². The summed E-state index contributed by atoms with van der Waals surface area (Å²) in [7, 11) is 0. The summed E-state index contributed by atoms with van der Waals surface area (Å²) in [6, 6.07) is 13.8. The molecule has 1 saturated heterocycles. The van der Waals surface area contributed by atoms with Gasteiger partial charge in [-0.2, -0.15) is 0 Å². The third-order valence-electron chi connectivity index (χ3n) is 5.59. The lowest BCUT2D eigenvalue weighted by atomic mass is 9.98. The van der Waals surface area contributed by atoms with Crippen LogP contribution in [0.25, 0.3) is 11.1 Å². The van der Waals surface area contributed by atoms with Gasteiger partial charge in [0.25, 0.3) is 5.91 Å². The quantitative estimate of drug-likeness (QED) is 0.803. The van der Waals surface area contributed by atoms with Crippen molar-refractivity contribution in [1.82, 2.24) is 4.90 Å². The highest BCUT2D eigenvalue weighted by Gasteiger charge is 2.23. The number of carbonyl (C=O) groups excluding carboxylic acids is 2. The number of rotatable bonds is 5. The van der Waals surface area contributed by atoms with Gasteiger partial charge in [-0.15, -0.1) is 0 Å². The average molecular weight is 363 g/mol. The third-order valence-corrected chi connectivity index (χ3v) is 5.59. The van der Waals surface area contributed by atoms with Gasteiger partial charge < -0.3 is 9.64 Å². The van der Waals surface area contributed by atoms with Crippen molar-refractivity contribution < 1.29 is 14.3 Å². The fraction of sp³-hybridized carbons (Fsp3) is 0.391. The molecule has 1 amide bonds. The van der Waals surface area contributed by atoms with Crippen molar-refractivity contribution in [2.45, 2.75) is 38.7 Å². The normalized spacial score (nSPS) is 18.6. The molecule has 0 unspecified atom stereocenters. The first-order chi connectivity index (χ1) is 13.2. The van der Waals surface area contributed by atoms with Crippen LogP contribution >= 0.6 is 0 Å². The number of ether oxygens (including phenoxy) is 1. The van der Waals surface area contributed by atoms with Crippen LogP contribution in [0.5, 0.6) is 0 Å². The van der Waals surface area contributed by atoms with E-state index in [-0.39, 0.29) is 17.8 Å². The summed E-state index contributed by atoms with van der Waals surface area (Å²) in [5, 5.41) is 0. The monoisotopic (exact) mass is 363 g/mol. The molecule has 1 atom stereocenters. The highest BCUT2D eigenvalue weighted by atomic mass is 16.5. The van der Waals surface area contributed by atoms with Crippen LogP contribution < -0.4 is 0 Å². The van der Waals surface area contributed by atoms with Crippen LogP contribution in [0.2, 0.25) is 0 Å². The Kier molecular flexibility index (Phi) is 5.08. The Morgan fingerprint density at radius 1 is 1.15 bits per heavy atom. The minimum atomic E-state index is 0.0474. The van der Waals surface area contributed by atoms with Crippen molar-refractivity contribution in [1.29, 1.82) is 0 Å². The molecule has 140 valence electrons. The number of hydrogen-bond acceptors (Lipinski definition) is 3. The second-order valence-corrected chi connectivity index (χ2v) is 7.35. The number of likely N-dealkylation sites (N-methyl/N-ethyl adjacent to an activating group) is 1. The van der Waals surface area contributed by atoms with Gasteiger partial charge in [0, 0.05) is 37.2 Å². The van der Waals surface area contributed by atoms with E-state index in [9.17, 15) is 9.59 Å². The maximum Gasteiger partial charge on any atom is 0.253 e. The minimum absolute atomic E-state index is 0.0474. The van der Waals surface area contributed by atoms with Crippen molar-refractivity contribution in [2.75, 3.05) is 19.7 Å². The van der Waals surface area contributed by atoms with E-state index in [1.807, 2.05) is 48.2 Å². The van der Waals surface area contributed by atoms with Crippen LogP contribution in [0.4, 0.5) is 0 Å². The molecule has 4 heteroatoms. The highest BCUT2D eigenvalue weighted by molar-refractivity contribution is 6.01. The van der Waals surface area contributed by atoms with Gasteiger partial charge in [-0.05, 0) is 55.0 Å². The van der Waals surface area contributed by atoms with Crippen molar-refractivity contribution in [2.24, 2.45) is 0 Å². The first kappa shape index (κ1) is 17.9. The van der Waals surface area contributed by atoms with Crippen molar-refractivity contribution in [3.63, 3.8) is 0 Å². The van der Waals surface area contributed by atoms with Gasteiger partial charge in [0.2, 0.25) is 0 Å². The van der Waals surface area contributed by atoms with Crippen molar-refractivity contribution >= 4 is 11.7 Å². The Morgan fingerprint density at radius 2 is 2.00 bits per heavy atom. The fourth-order valence-electron chi connectivity index (χ4n) is 4.04. The number of carbonyl (C=O) groups is 2. The first-order valence-electron chi connectivity index (χ1n) is 9.83. The molecule has 1 fully saturated rings. The maximum absolute atomic E-state index is 13.0. The highest BCUT2D eigenvalue weighted by Crippen LogP contribution is 2.29. The van der Waals surface area contributed by atoms with Crippen molar-refractivity contribution in [3.8, 4) is 11.1 Å². The van der Waals surface area contributed by atoms with Crippen LogP contribution in [-0.4, -0.2) is 42.4 Å². The SMILES string of the molecule is CCN(C[C@@H]1CCCO1)C(=O)c1cccc(-c2ccc3c(c2)CCC3=O)c1. The molecule has 0 N–H and O–H groups in total. The second-order valence-electron chi connectivity index (χ2n) is 7.35. The Bertz CT molecular complexity index is 868. The molecular weight excluding hydrogens is 338 g/mol. The van der Waals surface area contributed by atoms with Gasteiger partial charge in [-0.3, -0.25) is 9.59 Å². The van der Waals surface area contributed by atoms with E-state index < -0.39 is 0 Å². The Hall–Kier alpha value is -2.46. The van der Waals surface area contributed by atoms with Crippen LogP contribution in [0.15, 0.2) is 42.5 Å². The number of amides is 1. The number of hydrogen-bond donors (Lipinski definition) is 0. The summed E-state index contributed by atoms with van der Waals surface area (Å²) >= 11 is 0. The van der Waals surface area contributed by atoms with Crippen LogP contribution in [-0.2, 0) is 11.2 Å². The predicted octanol–water partition coefficient (Wildman–Crippen LogP) is 4.12. The zero-order valence-corrected chi connectivity index (χ0v) is 15.7. The summed E-state index contributed by atoms with van der Waals surface area (Å²) in [6.07, 6.45) is 3.67. The summed E-state index contributed by atoms with van der Waals surface area (Å²) < 4.78 is 5.69. The minimum Gasteiger partial charge on any atom is -0.376 e. The molecule has 0 bridgehead atoms. The summed E-state index contributed by atoms with van der Waals surface area (Å²) in [5.41, 5.74) is 4.72. The third kappa shape index (κ3) is 3.67. The second kappa shape index (κ2) is 7.65. The predicted molar refractivity (Wildman–Crippen MR) is 105 cm³/mol. The number of Topliss-reactive ketones (excluding diaryl/α,β-unsaturated/α-hetero) is 1. The van der Waals surface area contributed by atoms with Gasteiger partial charge in [-0.25, -0.2) is 0 Å². The zero-order valence-electron chi connectivity index (χ0n) is 15.7. The van der Waals surface area contributed by atoms with E-state index in [2.05, 4.69) is 6.07 Å². The smallest absolute Gasteiger partial charge is 0.253 e. The number of nitrogens with zero attached hydrogens (tertiary/aromatic N) is 1. The van der Waals surface area contributed by atoms with Gasteiger partial charge >= 0.3 is 0 Å². The lowest BCUT2D eigenvalue weighted by Crippen LogP contribution is -2.37. The molecule has 2 aromatic carbocycles. The van der Waals surface area contributed by atoms with E-state index in [1.165, 1.54) is 0 Å². The Morgan fingerprint density at radius 3 is 2.78 bits per heavy atom. The number of aryl methyl sites for hydroxylation is 1. The Labute approximate surface area is 160 Å².